The van der Waals surface area contributed by atoms with Crippen LogP contribution in [0.3, 0.4) is 0 Å². The fourth-order valence-corrected chi connectivity index (χ4v) is 2.48. The molecule has 0 radical (unpaired) electrons. The predicted molar refractivity (Wildman–Crippen MR) is 101 cm³/mol. The van der Waals surface area contributed by atoms with Crippen LogP contribution in [0.1, 0.15) is 20.3 Å². The summed E-state index contributed by atoms with van der Waals surface area (Å²) < 4.78 is 10.5. The number of urea groups is 1. The molecule has 0 saturated carbocycles. The zero-order valence-electron chi connectivity index (χ0n) is 15.1. The van der Waals surface area contributed by atoms with Crippen molar-refractivity contribution in [3.8, 4) is 5.75 Å². The number of benzene rings is 1. The largest absolute Gasteiger partial charge is 0.494 e. The van der Waals surface area contributed by atoms with E-state index in [-0.39, 0.29) is 0 Å². The lowest BCUT2D eigenvalue weighted by Crippen LogP contribution is -2.46. The number of nitrogens with one attached hydrogen (secondary N) is 2. The number of hydrogen-bond donors (Lipinski definition) is 3. The van der Waals surface area contributed by atoms with Gasteiger partial charge in [-0.25, -0.2) is 9.59 Å². The Kier molecular flexibility index (Phi) is 9.35. The summed E-state index contributed by atoms with van der Waals surface area (Å²) in [5.41, 5.74) is 5.63. The number of esters is 1. The number of amides is 3. The molecule has 144 valence electrons. The molecule has 1 rings (SSSR count). The minimum atomic E-state index is -1.03. The van der Waals surface area contributed by atoms with Gasteiger partial charge in [0.15, 0.2) is 6.10 Å². The van der Waals surface area contributed by atoms with Crippen LogP contribution in [0, 0.1) is 0 Å². The molecule has 8 nitrogen and oxygen atoms in total. The van der Waals surface area contributed by atoms with Gasteiger partial charge in [0.25, 0.3) is 5.91 Å². The van der Waals surface area contributed by atoms with Gasteiger partial charge in [0.1, 0.15) is 11.8 Å². The Hall–Kier alpha value is -2.42. The Morgan fingerprint density at radius 2 is 1.88 bits per heavy atom. The monoisotopic (exact) mass is 383 g/mol. The number of thioether (sulfide) groups is 1. The van der Waals surface area contributed by atoms with Gasteiger partial charge in [-0.3, -0.25) is 4.79 Å². The maximum absolute atomic E-state index is 12.2. The standard InChI is InChI=1S/C17H25N3O5S/c1-4-24-13-7-5-12(6-8-13)19-15(21)11(2)25-16(22)14(9-10-26-3)20-17(18)23/h5-8,11,14H,4,9-10H2,1-3H3,(H,19,21)(H3,18,20,23)/t11-,14+/m0/s1. The van der Waals surface area contributed by atoms with E-state index in [1.165, 1.54) is 18.7 Å². The Morgan fingerprint density at radius 1 is 1.23 bits per heavy atom. The van der Waals surface area contributed by atoms with Crippen molar-refractivity contribution in [3.05, 3.63) is 24.3 Å². The van der Waals surface area contributed by atoms with Crippen molar-refractivity contribution in [1.82, 2.24) is 5.32 Å². The van der Waals surface area contributed by atoms with E-state index >= 15 is 0 Å². The van der Waals surface area contributed by atoms with E-state index in [4.69, 9.17) is 15.2 Å². The van der Waals surface area contributed by atoms with E-state index < -0.39 is 30.1 Å². The Morgan fingerprint density at radius 3 is 2.42 bits per heavy atom. The molecule has 0 aliphatic rings. The van der Waals surface area contributed by atoms with Gasteiger partial charge in [-0.15, -0.1) is 0 Å². The van der Waals surface area contributed by atoms with Crippen molar-refractivity contribution >= 4 is 35.4 Å². The molecule has 0 heterocycles. The highest BCUT2D eigenvalue weighted by Crippen LogP contribution is 2.16. The lowest BCUT2D eigenvalue weighted by molar-refractivity contribution is -0.155. The molecule has 0 spiro atoms. The molecule has 0 fully saturated rings. The van der Waals surface area contributed by atoms with E-state index in [2.05, 4.69) is 10.6 Å². The second kappa shape index (κ2) is 11.2. The molecule has 0 aromatic heterocycles. The normalized spacial score (nSPS) is 12.6. The highest BCUT2D eigenvalue weighted by Gasteiger charge is 2.25. The van der Waals surface area contributed by atoms with Crippen LogP contribution in [0.2, 0.25) is 0 Å². The second-order valence-corrected chi connectivity index (χ2v) is 6.35. The van der Waals surface area contributed by atoms with E-state index in [0.717, 1.165) is 0 Å². The number of carbonyl (C=O) groups excluding carboxylic acids is 3. The van der Waals surface area contributed by atoms with Crippen molar-refractivity contribution in [1.29, 1.82) is 0 Å². The number of primary amides is 1. The average Bonchev–Trinajstić information content (AvgIpc) is 2.60. The third kappa shape index (κ3) is 7.64. The maximum atomic E-state index is 12.2. The summed E-state index contributed by atoms with van der Waals surface area (Å²) in [7, 11) is 0. The van der Waals surface area contributed by atoms with Crippen molar-refractivity contribution in [2.45, 2.75) is 32.4 Å². The van der Waals surface area contributed by atoms with Gasteiger partial charge >= 0.3 is 12.0 Å². The van der Waals surface area contributed by atoms with E-state index in [1.807, 2.05) is 13.2 Å². The SMILES string of the molecule is CCOc1ccc(NC(=O)[C@H](C)OC(=O)[C@@H](CCSC)NC(N)=O)cc1. The number of carbonyl (C=O) groups is 3. The van der Waals surface area contributed by atoms with Crippen LogP contribution in [0.4, 0.5) is 10.5 Å². The fraction of sp³-hybridized carbons (Fsp3) is 0.471. The molecule has 0 unspecified atom stereocenters. The molecule has 4 N–H and O–H groups in total. The summed E-state index contributed by atoms with van der Waals surface area (Å²) in [6.07, 6.45) is 1.20. The zero-order valence-corrected chi connectivity index (χ0v) is 15.9. The number of rotatable bonds is 10. The van der Waals surface area contributed by atoms with Gasteiger partial charge in [-0.05, 0) is 56.5 Å². The quantitative estimate of drug-likeness (QED) is 0.530. The summed E-state index contributed by atoms with van der Waals surface area (Å²) in [5, 5.41) is 4.98. The van der Waals surface area contributed by atoms with Gasteiger partial charge in [-0.1, -0.05) is 0 Å². The molecule has 0 aliphatic heterocycles. The number of hydrogen-bond acceptors (Lipinski definition) is 6. The summed E-state index contributed by atoms with van der Waals surface area (Å²) in [6, 6.07) is 5.12. The van der Waals surface area contributed by atoms with Crippen LogP contribution in [-0.2, 0) is 14.3 Å². The van der Waals surface area contributed by atoms with E-state index in [1.54, 1.807) is 24.3 Å². The van der Waals surface area contributed by atoms with Crippen molar-refractivity contribution < 1.29 is 23.9 Å². The lowest BCUT2D eigenvalue weighted by atomic mass is 10.2. The highest BCUT2D eigenvalue weighted by atomic mass is 32.2. The van der Waals surface area contributed by atoms with Gasteiger partial charge in [0, 0.05) is 5.69 Å². The second-order valence-electron chi connectivity index (χ2n) is 5.37. The molecule has 0 aliphatic carbocycles. The summed E-state index contributed by atoms with van der Waals surface area (Å²) in [4.78, 5) is 35.4. The third-order valence-electron chi connectivity index (χ3n) is 3.31. The highest BCUT2D eigenvalue weighted by molar-refractivity contribution is 7.98. The number of nitrogens with two attached hydrogens (primary N) is 1. The molecule has 1 aromatic carbocycles. The first-order chi connectivity index (χ1) is 12.4. The van der Waals surface area contributed by atoms with Crippen molar-refractivity contribution in [2.75, 3.05) is 23.9 Å². The lowest BCUT2D eigenvalue weighted by Gasteiger charge is -2.19. The minimum absolute atomic E-state index is 0.357. The molecular formula is C17H25N3O5S. The average molecular weight is 383 g/mol. The maximum Gasteiger partial charge on any atom is 0.329 e. The van der Waals surface area contributed by atoms with Crippen LogP contribution < -0.4 is 21.1 Å². The van der Waals surface area contributed by atoms with Crippen LogP contribution in [-0.4, -0.2) is 48.7 Å². The van der Waals surface area contributed by atoms with Crippen LogP contribution >= 0.6 is 11.8 Å². The summed E-state index contributed by atoms with van der Waals surface area (Å²) in [6.45, 7) is 3.89. The van der Waals surface area contributed by atoms with E-state index in [9.17, 15) is 14.4 Å². The first-order valence-corrected chi connectivity index (χ1v) is 9.55. The Bertz CT molecular complexity index is 609. The molecule has 3 amide bonds. The molecule has 9 heteroatoms. The Labute approximate surface area is 157 Å². The predicted octanol–water partition coefficient (Wildman–Crippen LogP) is 1.75. The molecule has 0 bridgehead atoms. The number of anilines is 1. The first kappa shape index (κ1) is 21.6. The molecule has 1 aromatic rings. The van der Waals surface area contributed by atoms with Crippen molar-refractivity contribution in [3.63, 3.8) is 0 Å². The smallest absolute Gasteiger partial charge is 0.329 e. The van der Waals surface area contributed by atoms with Gasteiger partial charge in [0.2, 0.25) is 0 Å². The van der Waals surface area contributed by atoms with E-state index in [0.29, 0.717) is 30.2 Å². The third-order valence-corrected chi connectivity index (χ3v) is 3.95. The molecule has 0 saturated heterocycles. The molecule has 2 atom stereocenters. The van der Waals surface area contributed by atoms with Crippen LogP contribution in [0.5, 0.6) is 5.75 Å². The first-order valence-electron chi connectivity index (χ1n) is 8.16. The minimum Gasteiger partial charge on any atom is -0.494 e. The van der Waals surface area contributed by atoms with Crippen LogP contribution in [0.25, 0.3) is 0 Å². The van der Waals surface area contributed by atoms with Gasteiger partial charge in [-0.2, -0.15) is 11.8 Å². The summed E-state index contributed by atoms with van der Waals surface area (Å²) in [5.74, 6) is 0.142. The van der Waals surface area contributed by atoms with Gasteiger partial charge in [0.05, 0.1) is 6.61 Å². The number of ether oxygens (including phenoxy) is 2. The molecule has 26 heavy (non-hydrogen) atoms. The zero-order chi connectivity index (χ0) is 19.5. The van der Waals surface area contributed by atoms with Crippen molar-refractivity contribution in [2.24, 2.45) is 5.73 Å². The van der Waals surface area contributed by atoms with Crippen LogP contribution in [0.15, 0.2) is 24.3 Å². The topological polar surface area (TPSA) is 120 Å². The summed E-state index contributed by atoms with van der Waals surface area (Å²) >= 11 is 1.52. The Balaban J connectivity index is 2.60. The fourth-order valence-electron chi connectivity index (χ4n) is 2.01. The molecular weight excluding hydrogens is 358 g/mol. The van der Waals surface area contributed by atoms with Gasteiger partial charge < -0.3 is 25.8 Å².